The average Bonchev–Trinajstić information content (AvgIpc) is 2.42. The molecule has 106 valence electrons. The van der Waals surface area contributed by atoms with Crippen molar-refractivity contribution in [1.82, 2.24) is 5.32 Å². The Kier molecular flexibility index (Phi) is 4.79. The standard InChI is InChI=1S/C17H19ClFN/c1-4-20-17(13-7-8-15(18)16(19)10-13)14-9-11(2)5-6-12(14)3/h5-10,17,20H,4H2,1-3H3. The van der Waals surface area contributed by atoms with Crippen molar-refractivity contribution in [2.24, 2.45) is 0 Å². The summed E-state index contributed by atoms with van der Waals surface area (Å²) in [7, 11) is 0. The molecule has 0 radical (unpaired) electrons. The molecule has 0 amide bonds. The third kappa shape index (κ3) is 3.20. The SMILES string of the molecule is CCNC(c1ccc(Cl)c(F)c1)c1cc(C)ccc1C. The molecule has 0 bridgehead atoms. The van der Waals surface area contributed by atoms with E-state index in [1.807, 2.05) is 13.0 Å². The highest BCUT2D eigenvalue weighted by Gasteiger charge is 2.16. The molecule has 0 aliphatic carbocycles. The van der Waals surface area contributed by atoms with Gasteiger partial charge in [0.25, 0.3) is 0 Å². The fourth-order valence-corrected chi connectivity index (χ4v) is 2.49. The molecule has 0 aromatic heterocycles. The van der Waals surface area contributed by atoms with Crippen LogP contribution in [-0.4, -0.2) is 6.54 Å². The van der Waals surface area contributed by atoms with Crippen LogP contribution in [0.4, 0.5) is 4.39 Å². The highest BCUT2D eigenvalue weighted by Crippen LogP contribution is 2.28. The normalized spacial score (nSPS) is 12.4. The smallest absolute Gasteiger partial charge is 0.142 e. The molecule has 0 aliphatic heterocycles. The molecule has 1 atom stereocenters. The summed E-state index contributed by atoms with van der Waals surface area (Å²) in [5, 5.41) is 3.58. The number of hydrogen-bond donors (Lipinski definition) is 1. The Morgan fingerprint density at radius 3 is 2.55 bits per heavy atom. The van der Waals surface area contributed by atoms with Crippen LogP contribution in [0.15, 0.2) is 36.4 Å². The molecule has 2 aromatic rings. The van der Waals surface area contributed by atoms with Gasteiger partial charge >= 0.3 is 0 Å². The van der Waals surface area contributed by atoms with E-state index in [0.29, 0.717) is 0 Å². The van der Waals surface area contributed by atoms with Crippen molar-refractivity contribution in [2.75, 3.05) is 6.54 Å². The van der Waals surface area contributed by atoms with E-state index in [9.17, 15) is 4.39 Å². The second-order valence-electron chi connectivity index (χ2n) is 5.02. The largest absolute Gasteiger partial charge is 0.307 e. The van der Waals surface area contributed by atoms with E-state index in [0.717, 1.165) is 12.1 Å². The lowest BCUT2D eigenvalue weighted by atomic mass is 9.93. The first-order valence-corrected chi connectivity index (χ1v) is 7.16. The topological polar surface area (TPSA) is 12.0 Å². The van der Waals surface area contributed by atoms with E-state index in [2.05, 4.69) is 37.4 Å². The van der Waals surface area contributed by atoms with Gasteiger partial charge in [-0.05, 0) is 49.2 Å². The number of benzene rings is 2. The summed E-state index contributed by atoms with van der Waals surface area (Å²) in [6.07, 6.45) is 0. The summed E-state index contributed by atoms with van der Waals surface area (Å²) in [5.41, 5.74) is 4.45. The molecule has 0 spiro atoms. The Balaban J connectivity index is 2.49. The molecule has 0 saturated heterocycles. The summed E-state index contributed by atoms with van der Waals surface area (Å²) in [6, 6.07) is 11.3. The molecule has 2 rings (SSSR count). The number of aryl methyl sites for hydroxylation is 2. The minimum atomic E-state index is -0.377. The van der Waals surface area contributed by atoms with Crippen molar-refractivity contribution in [2.45, 2.75) is 26.8 Å². The van der Waals surface area contributed by atoms with Gasteiger partial charge in [-0.25, -0.2) is 4.39 Å². The summed E-state index contributed by atoms with van der Waals surface area (Å²) in [6.45, 7) is 6.99. The van der Waals surface area contributed by atoms with Crippen LogP contribution in [0.2, 0.25) is 5.02 Å². The molecule has 2 aromatic carbocycles. The lowest BCUT2D eigenvalue weighted by Crippen LogP contribution is -2.23. The van der Waals surface area contributed by atoms with Gasteiger partial charge in [0.2, 0.25) is 0 Å². The molecule has 1 nitrogen and oxygen atoms in total. The van der Waals surface area contributed by atoms with Crippen LogP contribution < -0.4 is 5.32 Å². The molecular formula is C17H19ClFN. The minimum absolute atomic E-state index is 0.0216. The molecule has 20 heavy (non-hydrogen) atoms. The Labute approximate surface area is 124 Å². The van der Waals surface area contributed by atoms with Crippen LogP contribution >= 0.6 is 11.6 Å². The van der Waals surface area contributed by atoms with Crippen LogP contribution in [0.1, 0.15) is 35.2 Å². The lowest BCUT2D eigenvalue weighted by Gasteiger charge is -2.21. The van der Waals surface area contributed by atoms with Gasteiger partial charge in [-0.15, -0.1) is 0 Å². The van der Waals surface area contributed by atoms with Crippen LogP contribution in [0.3, 0.4) is 0 Å². The van der Waals surface area contributed by atoms with Gasteiger partial charge in [0.1, 0.15) is 5.82 Å². The van der Waals surface area contributed by atoms with Gasteiger partial charge in [0, 0.05) is 0 Å². The van der Waals surface area contributed by atoms with E-state index in [-0.39, 0.29) is 16.9 Å². The van der Waals surface area contributed by atoms with Crippen molar-refractivity contribution in [3.05, 3.63) is 69.5 Å². The predicted octanol–water partition coefficient (Wildman–Crippen LogP) is 4.79. The maximum atomic E-state index is 13.7. The Morgan fingerprint density at radius 2 is 1.90 bits per heavy atom. The van der Waals surface area contributed by atoms with Crippen molar-refractivity contribution in [3.63, 3.8) is 0 Å². The molecule has 0 aliphatic rings. The Morgan fingerprint density at radius 1 is 1.15 bits per heavy atom. The van der Waals surface area contributed by atoms with Crippen LogP contribution in [-0.2, 0) is 0 Å². The predicted molar refractivity (Wildman–Crippen MR) is 82.8 cm³/mol. The van der Waals surface area contributed by atoms with E-state index < -0.39 is 0 Å². The number of rotatable bonds is 4. The summed E-state index contributed by atoms with van der Waals surface area (Å²) in [5.74, 6) is -0.377. The van der Waals surface area contributed by atoms with Crippen LogP contribution in [0.25, 0.3) is 0 Å². The van der Waals surface area contributed by atoms with Crippen LogP contribution in [0, 0.1) is 19.7 Å². The fraction of sp³-hybridized carbons (Fsp3) is 0.294. The second kappa shape index (κ2) is 6.38. The molecule has 0 heterocycles. The maximum Gasteiger partial charge on any atom is 0.142 e. The quantitative estimate of drug-likeness (QED) is 0.853. The summed E-state index contributed by atoms with van der Waals surface area (Å²) < 4.78 is 13.7. The third-order valence-electron chi connectivity index (χ3n) is 3.43. The molecule has 3 heteroatoms. The Hall–Kier alpha value is -1.38. The van der Waals surface area contributed by atoms with E-state index in [4.69, 9.17) is 11.6 Å². The van der Waals surface area contributed by atoms with Crippen molar-refractivity contribution in [3.8, 4) is 0 Å². The average molecular weight is 292 g/mol. The number of hydrogen-bond acceptors (Lipinski definition) is 1. The fourth-order valence-electron chi connectivity index (χ4n) is 2.37. The first-order valence-electron chi connectivity index (χ1n) is 6.78. The molecule has 0 fully saturated rings. The van der Waals surface area contributed by atoms with Crippen molar-refractivity contribution < 1.29 is 4.39 Å². The molecule has 1 N–H and O–H groups in total. The zero-order valence-corrected chi connectivity index (χ0v) is 12.8. The molecule has 0 saturated carbocycles. The zero-order valence-electron chi connectivity index (χ0n) is 12.0. The first kappa shape index (κ1) is 15.0. The summed E-state index contributed by atoms with van der Waals surface area (Å²) >= 11 is 5.77. The summed E-state index contributed by atoms with van der Waals surface area (Å²) in [4.78, 5) is 0. The molecular weight excluding hydrogens is 273 g/mol. The highest BCUT2D eigenvalue weighted by atomic mass is 35.5. The zero-order chi connectivity index (χ0) is 14.7. The monoisotopic (exact) mass is 291 g/mol. The van der Waals surface area contributed by atoms with Gasteiger partial charge in [-0.3, -0.25) is 0 Å². The van der Waals surface area contributed by atoms with Gasteiger partial charge in [-0.2, -0.15) is 0 Å². The van der Waals surface area contributed by atoms with Gasteiger partial charge in [0.05, 0.1) is 11.1 Å². The van der Waals surface area contributed by atoms with Crippen molar-refractivity contribution >= 4 is 11.6 Å². The third-order valence-corrected chi connectivity index (χ3v) is 3.74. The second-order valence-corrected chi connectivity index (χ2v) is 5.43. The number of halogens is 2. The van der Waals surface area contributed by atoms with Gasteiger partial charge < -0.3 is 5.32 Å². The van der Waals surface area contributed by atoms with Crippen LogP contribution in [0.5, 0.6) is 0 Å². The van der Waals surface area contributed by atoms with Gasteiger partial charge in [0.15, 0.2) is 0 Å². The van der Waals surface area contributed by atoms with E-state index in [1.54, 1.807) is 6.07 Å². The highest BCUT2D eigenvalue weighted by molar-refractivity contribution is 6.30. The Bertz CT molecular complexity index is 610. The first-order chi connectivity index (χ1) is 9.52. The molecule has 1 unspecified atom stereocenters. The van der Waals surface area contributed by atoms with E-state index >= 15 is 0 Å². The van der Waals surface area contributed by atoms with Crippen molar-refractivity contribution in [1.29, 1.82) is 0 Å². The minimum Gasteiger partial charge on any atom is -0.307 e. The number of nitrogens with one attached hydrogen (secondary N) is 1. The lowest BCUT2D eigenvalue weighted by molar-refractivity contribution is 0.602. The maximum absolute atomic E-state index is 13.7. The van der Waals surface area contributed by atoms with Gasteiger partial charge in [-0.1, -0.05) is 48.4 Å². The van der Waals surface area contributed by atoms with E-state index in [1.165, 1.54) is 22.8 Å².